The molecule has 1 saturated heterocycles. The van der Waals surface area contributed by atoms with Gasteiger partial charge >= 0.3 is 6.61 Å². The lowest BCUT2D eigenvalue weighted by atomic mass is 10.1. The summed E-state index contributed by atoms with van der Waals surface area (Å²) in [6.45, 7) is 5.64. The second kappa shape index (κ2) is 12.9. The van der Waals surface area contributed by atoms with E-state index in [9.17, 15) is 8.78 Å². The van der Waals surface area contributed by atoms with Gasteiger partial charge in [0.1, 0.15) is 11.6 Å². The van der Waals surface area contributed by atoms with Gasteiger partial charge in [0.25, 0.3) is 0 Å². The summed E-state index contributed by atoms with van der Waals surface area (Å²) in [6.07, 6.45) is 2.20. The van der Waals surface area contributed by atoms with E-state index in [0.717, 1.165) is 30.0 Å². The van der Waals surface area contributed by atoms with Crippen LogP contribution in [0.15, 0.2) is 41.5 Å². The molecule has 7 nitrogen and oxygen atoms in total. The molecule has 2 heterocycles. The molecule has 1 aliphatic rings. The van der Waals surface area contributed by atoms with E-state index in [4.69, 9.17) is 4.74 Å². The molecule has 1 aromatic heterocycles. The molecule has 10 heteroatoms. The Morgan fingerprint density at radius 2 is 1.88 bits per heavy atom. The largest absolute Gasteiger partial charge is 0.434 e. The third-order valence-electron chi connectivity index (χ3n) is 5.11. The Hall–Kier alpha value is -2.21. The molecule has 1 fully saturated rings. The summed E-state index contributed by atoms with van der Waals surface area (Å²) >= 11 is 0. The number of aromatic nitrogens is 1. The van der Waals surface area contributed by atoms with E-state index in [-0.39, 0.29) is 41.9 Å². The zero-order chi connectivity index (χ0) is 23.1. The number of alkyl halides is 2. The van der Waals surface area contributed by atoms with Crippen molar-refractivity contribution in [1.82, 2.24) is 15.6 Å². The Morgan fingerprint density at radius 3 is 2.48 bits per heavy atom. The van der Waals surface area contributed by atoms with E-state index >= 15 is 0 Å². The molecule has 0 aliphatic carbocycles. The molecule has 2 unspecified atom stereocenters. The molecule has 2 atom stereocenters. The van der Waals surface area contributed by atoms with Crippen molar-refractivity contribution in [3.05, 3.63) is 53.2 Å². The van der Waals surface area contributed by atoms with Gasteiger partial charge in [-0.25, -0.2) is 4.98 Å². The first kappa shape index (κ1) is 27.0. The number of aryl methyl sites for hydroxylation is 1. The molecule has 0 spiro atoms. The summed E-state index contributed by atoms with van der Waals surface area (Å²) < 4.78 is 35.7. The summed E-state index contributed by atoms with van der Waals surface area (Å²) in [7, 11) is 1.66. The lowest BCUT2D eigenvalue weighted by Gasteiger charge is -2.36. The van der Waals surface area contributed by atoms with Crippen molar-refractivity contribution in [3.8, 4) is 5.75 Å². The smallest absolute Gasteiger partial charge is 0.387 e. The topological polar surface area (TPSA) is 71.0 Å². The van der Waals surface area contributed by atoms with Crippen LogP contribution in [0.4, 0.5) is 14.6 Å². The predicted octanol–water partition coefficient (Wildman–Crippen LogP) is 4.09. The molecular weight excluding hydrogens is 543 g/mol. The monoisotopic (exact) mass is 575 g/mol. The molecule has 0 bridgehead atoms. The highest BCUT2D eigenvalue weighted by Gasteiger charge is 2.23. The fourth-order valence-electron chi connectivity index (χ4n) is 3.72. The molecule has 0 radical (unpaired) electrons. The minimum absolute atomic E-state index is 0. The number of nitrogens with zero attached hydrogens (tertiary/aromatic N) is 3. The third kappa shape index (κ3) is 8.26. The van der Waals surface area contributed by atoms with Gasteiger partial charge in [0.15, 0.2) is 5.96 Å². The van der Waals surface area contributed by atoms with Crippen molar-refractivity contribution in [2.45, 2.75) is 52.7 Å². The summed E-state index contributed by atoms with van der Waals surface area (Å²) in [4.78, 5) is 11.0. The van der Waals surface area contributed by atoms with E-state index in [0.29, 0.717) is 24.6 Å². The van der Waals surface area contributed by atoms with Crippen LogP contribution in [0.2, 0.25) is 0 Å². The second-order valence-electron chi connectivity index (χ2n) is 7.96. The van der Waals surface area contributed by atoms with Gasteiger partial charge < -0.3 is 25.0 Å². The number of hydrogen-bond donors (Lipinski definition) is 2. The van der Waals surface area contributed by atoms with Crippen molar-refractivity contribution in [1.29, 1.82) is 0 Å². The number of pyridine rings is 1. The van der Waals surface area contributed by atoms with Crippen LogP contribution in [-0.4, -0.2) is 49.9 Å². The van der Waals surface area contributed by atoms with E-state index in [1.807, 2.05) is 31.3 Å². The minimum atomic E-state index is -2.87. The Labute approximate surface area is 211 Å². The van der Waals surface area contributed by atoms with Gasteiger partial charge in [0.2, 0.25) is 0 Å². The van der Waals surface area contributed by atoms with Crippen molar-refractivity contribution < 1.29 is 18.3 Å². The standard InChI is InChI=1S/C23H31F2N5O2.HI/c1-15-5-7-20(32-22(24)25)19(9-15)12-29-23(26-4)28-11-18-6-8-21(27-10-18)30-13-16(2)31-17(3)14-30;/h5-10,16-17,22H,11-14H2,1-4H3,(H2,26,28,29);1H. The maximum atomic E-state index is 12.7. The fourth-order valence-corrected chi connectivity index (χ4v) is 3.72. The van der Waals surface area contributed by atoms with E-state index < -0.39 is 6.61 Å². The number of guanidine groups is 1. The van der Waals surface area contributed by atoms with Gasteiger partial charge in [-0.3, -0.25) is 4.99 Å². The van der Waals surface area contributed by atoms with Gasteiger partial charge in [0, 0.05) is 45.0 Å². The van der Waals surface area contributed by atoms with Crippen LogP contribution in [0.1, 0.15) is 30.5 Å². The number of benzene rings is 1. The van der Waals surface area contributed by atoms with Crippen molar-refractivity contribution in [2.75, 3.05) is 25.0 Å². The van der Waals surface area contributed by atoms with Crippen LogP contribution in [0, 0.1) is 6.92 Å². The molecule has 1 aliphatic heterocycles. The van der Waals surface area contributed by atoms with E-state index in [2.05, 4.69) is 44.1 Å². The average Bonchev–Trinajstić information content (AvgIpc) is 2.75. The zero-order valence-electron chi connectivity index (χ0n) is 19.3. The number of morpholine rings is 1. The van der Waals surface area contributed by atoms with Crippen LogP contribution in [0.3, 0.4) is 0 Å². The number of nitrogens with one attached hydrogen (secondary N) is 2. The first-order chi connectivity index (χ1) is 15.3. The quantitative estimate of drug-likeness (QED) is 0.295. The van der Waals surface area contributed by atoms with Gasteiger partial charge in [-0.15, -0.1) is 24.0 Å². The normalized spacial score (nSPS) is 18.6. The maximum Gasteiger partial charge on any atom is 0.387 e. The molecule has 0 saturated carbocycles. The first-order valence-corrected chi connectivity index (χ1v) is 10.7. The summed E-state index contributed by atoms with van der Waals surface area (Å²) in [5, 5.41) is 6.36. The van der Waals surface area contributed by atoms with Gasteiger partial charge in [-0.1, -0.05) is 23.8 Å². The first-order valence-electron chi connectivity index (χ1n) is 10.7. The highest BCUT2D eigenvalue weighted by atomic mass is 127. The van der Waals surface area contributed by atoms with Gasteiger partial charge in [-0.2, -0.15) is 8.78 Å². The number of halogens is 3. The summed E-state index contributed by atoms with van der Waals surface area (Å²) in [5.41, 5.74) is 2.60. The average molecular weight is 575 g/mol. The lowest BCUT2D eigenvalue weighted by Crippen LogP contribution is -2.45. The van der Waals surface area contributed by atoms with E-state index in [1.165, 1.54) is 0 Å². The molecule has 1 aromatic carbocycles. The minimum Gasteiger partial charge on any atom is -0.434 e. The highest BCUT2D eigenvalue weighted by molar-refractivity contribution is 14.0. The number of rotatable bonds is 7. The van der Waals surface area contributed by atoms with Crippen LogP contribution in [0.5, 0.6) is 5.75 Å². The van der Waals surface area contributed by atoms with Crippen molar-refractivity contribution >= 4 is 35.8 Å². The molecule has 2 N–H and O–H groups in total. The van der Waals surface area contributed by atoms with Gasteiger partial charge in [0.05, 0.1) is 12.2 Å². The molecule has 182 valence electrons. The van der Waals surface area contributed by atoms with Gasteiger partial charge in [-0.05, 0) is 38.5 Å². The summed E-state index contributed by atoms with van der Waals surface area (Å²) in [6, 6.07) is 9.15. The van der Waals surface area contributed by atoms with Crippen LogP contribution in [-0.2, 0) is 17.8 Å². The number of hydrogen-bond acceptors (Lipinski definition) is 5. The number of anilines is 1. The highest BCUT2D eigenvalue weighted by Crippen LogP contribution is 2.22. The number of ether oxygens (including phenoxy) is 2. The third-order valence-corrected chi connectivity index (χ3v) is 5.11. The molecule has 3 rings (SSSR count). The molecule has 0 amide bonds. The lowest BCUT2D eigenvalue weighted by molar-refractivity contribution is -0.0504. The Morgan fingerprint density at radius 1 is 1.18 bits per heavy atom. The fraction of sp³-hybridized carbons (Fsp3) is 0.478. The summed E-state index contributed by atoms with van der Waals surface area (Å²) in [5.74, 6) is 1.64. The van der Waals surface area contributed by atoms with Crippen LogP contribution >= 0.6 is 24.0 Å². The Balaban J connectivity index is 0.00000385. The number of aliphatic imine (C=N–C) groups is 1. The Bertz CT molecular complexity index is 904. The predicted molar refractivity (Wildman–Crippen MR) is 137 cm³/mol. The zero-order valence-corrected chi connectivity index (χ0v) is 21.7. The van der Waals surface area contributed by atoms with Crippen molar-refractivity contribution in [2.24, 2.45) is 4.99 Å². The molecule has 2 aromatic rings. The maximum absolute atomic E-state index is 12.7. The SMILES string of the molecule is CN=C(NCc1ccc(N2CC(C)OC(C)C2)nc1)NCc1cc(C)ccc1OC(F)F.I. The van der Waals surface area contributed by atoms with E-state index in [1.54, 1.807) is 19.2 Å². The van der Waals surface area contributed by atoms with Crippen molar-refractivity contribution in [3.63, 3.8) is 0 Å². The van der Waals surface area contributed by atoms with Crippen LogP contribution in [0.25, 0.3) is 0 Å². The Kier molecular flexibility index (Phi) is 10.6. The van der Waals surface area contributed by atoms with Crippen LogP contribution < -0.4 is 20.3 Å². The molecule has 33 heavy (non-hydrogen) atoms. The molecular formula is C23H32F2IN5O2. The second-order valence-corrected chi connectivity index (χ2v) is 7.96.